The summed E-state index contributed by atoms with van der Waals surface area (Å²) in [7, 11) is 0. The Morgan fingerprint density at radius 1 is 1.31 bits per heavy atom. The molecule has 86 valence electrons. The van der Waals surface area contributed by atoms with Crippen LogP contribution in [-0.4, -0.2) is 12.3 Å². The van der Waals surface area contributed by atoms with Gasteiger partial charge in [-0.3, -0.25) is 4.79 Å². The van der Waals surface area contributed by atoms with Gasteiger partial charge in [0.25, 0.3) is 0 Å². The molecule has 2 rings (SSSR count). The first-order valence-corrected chi connectivity index (χ1v) is 6.13. The Morgan fingerprint density at radius 2 is 2.06 bits per heavy atom. The quantitative estimate of drug-likeness (QED) is 0.872. The summed E-state index contributed by atoms with van der Waals surface area (Å²) in [5.41, 5.74) is 1.06. The number of carbonyl (C=O) groups is 1. The minimum atomic E-state index is 0.416. The number of benzene rings is 1. The Morgan fingerprint density at radius 3 is 2.75 bits per heavy atom. The smallest absolute Gasteiger partial charge is 0.132 e. The molecule has 1 N–H and O–H groups in total. The van der Waals surface area contributed by atoms with Crippen molar-refractivity contribution in [2.24, 2.45) is 5.92 Å². The second-order valence-corrected chi connectivity index (χ2v) is 4.81. The van der Waals surface area contributed by atoms with Crippen molar-refractivity contribution < 1.29 is 4.79 Å². The molecule has 0 bridgehead atoms. The largest absolute Gasteiger partial charge is 0.385 e. The molecule has 1 saturated carbocycles. The monoisotopic (exact) mass is 237 g/mol. The number of rotatable bonds is 3. The van der Waals surface area contributed by atoms with Gasteiger partial charge in [0.15, 0.2) is 0 Å². The number of carbonyl (C=O) groups excluding carboxylic acids is 1. The minimum absolute atomic E-state index is 0.416. The van der Waals surface area contributed by atoms with Crippen molar-refractivity contribution in [3.63, 3.8) is 0 Å². The number of Topliss-reactive ketones (excluding diaryl/α,β-unsaturated/α-hetero) is 1. The molecule has 2 nitrogen and oxygen atoms in total. The standard InChI is InChI=1S/C13H16ClNO/c14-11-2-1-3-12(8-11)15-9-10-4-6-13(16)7-5-10/h1-3,8,10,15H,4-7,9H2. The van der Waals surface area contributed by atoms with Crippen molar-refractivity contribution in [1.82, 2.24) is 0 Å². The summed E-state index contributed by atoms with van der Waals surface area (Å²) >= 11 is 5.90. The molecule has 3 heteroatoms. The highest BCUT2D eigenvalue weighted by Crippen LogP contribution is 2.22. The molecule has 0 heterocycles. The molecule has 0 saturated heterocycles. The first-order chi connectivity index (χ1) is 7.74. The van der Waals surface area contributed by atoms with Crippen LogP contribution in [-0.2, 0) is 4.79 Å². The molecule has 0 amide bonds. The van der Waals surface area contributed by atoms with Crippen molar-refractivity contribution in [2.45, 2.75) is 25.7 Å². The van der Waals surface area contributed by atoms with E-state index in [4.69, 9.17) is 11.6 Å². The van der Waals surface area contributed by atoms with E-state index < -0.39 is 0 Å². The van der Waals surface area contributed by atoms with E-state index in [1.54, 1.807) is 0 Å². The molecule has 1 aromatic rings. The normalized spacial score (nSPS) is 17.4. The molecule has 0 radical (unpaired) electrons. The van der Waals surface area contributed by atoms with Gasteiger partial charge in [-0.1, -0.05) is 17.7 Å². The summed E-state index contributed by atoms with van der Waals surface area (Å²) < 4.78 is 0. The Hall–Kier alpha value is -1.02. The second-order valence-electron chi connectivity index (χ2n) is 4.37. The molecule has 0 aliphatic heterocycles. The fraction of sp³-hybridized carbons (Fsp3) is 0.462. The van der Waals surface area contributed by atoms with Crippen LogP contribution < -0.4 is 5.32 Å². The van der Waals surface area contributed by atoms with E-state index >= 15 is 0 Å². The lowest BCUT2D eigenvalue weighted by Crippen LogP contribution is -2.20. The predicted octanol–water partition coefficient (Wildman–Crippen LogP) is 3.51. The van der Waals surface area contributed by atoms with E-state index in [-0.39, 0.29) is 0 Å². The fourth-order valence-electron chi connectivity index (χ4n) is 2.06. The Bertz CT molecular complexity index is 368. The van der Waals surface area contributed by atoms with Crippen molar-refractivity contribution in [1.29, 1.82) is 0 Å². The third-order valence-electron chi connectivity index (χ3n) is 3.08. The van der Waals surface area contributed by atoms with Gasteiger partial charge in [-0.2, -0.15) is 0 Å². The number of anilines is 1. The number of nitrogens with one attached hydrogen (secondary N) is 1. The number of halogens is 1. The zero-order valence-electron chi connectivity index (χ0n) is 9.21. The lowest BCUT2D eigenvalue weighted by atomic mass is 9.88. The van der Waals surface area contributed by atoms with Crippen LogP contribution in [0.5, 0.6) is 0 Å². The summed E-state index contributed by atoms with van der Waals surface area (Å²) in [6, 6.07) is 7.75. The van der Waals surface area contributed by atoms with Gasteiger partial charge >= 0.3 is 0 Å². The van der Waals surface area contributed by atoms with Gasteiger partial charge < -0.3 is 5.32 Å². The van der Waals surface area contributed by atoms with Crippen molar-refractivity contribution >= 4 is 23.1 Å². The molecule has 1 aromatic carbocycles. The average Bonchev–Trinajstić information content (AvgIpc) is 2.28. The summed E-state index contributed by atoms with van der Waals surface area (Å²) in [6.45, 7) is 0.938. The van der Waals surface area contributed by atoms with Gasteiger partial charge in [0.2, 0.25) is 0 Å². The van der Waals surface area contributed by atoms with E-state index in [1.807, 2.05) is 24.3 Å². The zero-order chi connectivity index (χ0) is 11.4. The Balaban J connectivity index is 1.81. The van der Waals surface area contributed by atoms with Crippen molar-refractivity contribution in [2.75, 3.05) is 11.9 Å². The zero-order valence-corrected chi connectivity index (χ0v) is 9.96. The highest BCUT2D eigenvalue weighted by Gasteiger charge is 2.18. The van der Waals surface area contributed by atoms with Crippen molar-refractivity contribution in [3.05, 3.63) is 29.3 Å². The first kappa shape index (κ1) is 11.5. The van der Waals surface area contributed by atoms with Crippen LogP contribution in [0.25, 0.3) is 0 Å². The molecule has 1 aliphatic rings. The van der Waals surface area contributed by atoms with Crippen LogP contribution in [0.4, 0.5) is 5.69 Å². The summed E-state index contributed by atoms with van der Waals surface area (Å²) in [4.78, 5) is 11.1. The topological polar surface area (TPSA) is 29.1 Å². The van der Waals surface area contributed by atoms with Crippen LogP contribution in [0, 0.1) is 5.92 Å². The maximum absolute atomic E-state index is 11.1. The van der Waals surface area contributed by atoms with E-state index in [2.05, 4.69) is 5.32 Å². The van der Waals surface area contributed by atoms with Crippen LogP contribution in [0.15, 0.2) is 24.3 Å². The molecular formula is C13H16ClNO. The van der Waals surface area contributed by atoms with Gasteiger partial charge in [-0.05, 0) is 37.0 Å². The molecule has 0 atom stereocenters. The summed E-state index contributed by atoms with van der Waals surface area (Å²) in [5.74, 6) is 1.04. The van der Waals surface area contributed by atoms with Crippen LogP contribution >= 0.6 is 11.6 Å². The number of ketones is 1. The van der Waals surface area contributed by atoms with Gasteiger partial charge in [-0.15, -0.1) is 0 Å². The van der Waals surface area contributed by atoms with Crippen molar-refractivity contribution in [3.8, 4) is 0 Å². The second kappa shape index (κ2) is 5.35. The molecule has 16 heavy (non-hydrogen) atoms. The van der Waals surface area contributed by atoms with E-state index in [0.29, 0.717) is 11.7 Å². The first-order valence-electron chi connectivity index (χ1n) is 5.75. The summed E-state index contributed by atoms with van der Waals surface area (Å²) in [5, 5.41) is 4.13. The molecule has 1 fully saturated rings. The third kappa shape index (κ3) is 3.24. The van der Waals surface area contributed by atoms with E-state index in [1.165, 1.54) is 0 Å². The minimum Gasteiger partial charge on any atom is -0.385 e. The van der Waals surface area contributed by atoms with Gasteiger partial charge in [0.05, 0.1) is 0 Å². The van der Waals surface area contributed by atoms with Gasteiger partial charge in [0.1, 0.15) is 5.78 Å². The molecular weight excluding hydrogens is 222 g/mol. The highest BCUT2D eigenvalue weighted by atomic mass is 35.5. The third-order valence-corrected chi connectivity index (χ3v) is 3.32. The average molecular weight is 238 g/mol. The van der Waals surface area contributed by atoms with Crippen LogP contribution in [0.2, 0.25) is 5.02 Å². The van der Waals surface area contributed by atoms with Crippen LogP contribution in [0.3, 0.4) is 0 Å². The number of hydrogen-bond acceptors (Lipinski definition) is 2. The number of hydrogen-bond donors (Lipinski definition) is 1. The lowest BCUT2D eigenvalue weighted by molar-refractivity contribution is -0.120. The van der Waals surface area contributed by atoms with Crippen LogP contribution in [0.1, 0.15) is 25.7 Å². The Labute approximate surface area is 101 Å². The highest BCUT2D eigenvalue weighted by molar-refractivity contribution is 6.30. The van der Waals surface area contributed by atoms with Gasteiger partial charge in [-0.25, -0.2) is 0 Å². The van der Waals surface area contributed by atoms with Gasteiger partial charge in [0, 0.05) is 30.1 Å². The lowest BCUT2D eigenvalue weighted by Gasteiger charge is -2.21. The maximum Gasteiger partial charge on any atom is 0.132 e. The van der Waals surface area contributed by atoms with E-state index in [0.717, 1.165) is 42.9 Å². The van der Waals surface area contributed by atoms with E-state index in [9.17, 15) is 4.79 Å². The molecule has 0 aromatic heterocycles. The maximum atomic E-state index is 11.1. The fourth-order valence-corrected chi connectivity index (χ4v) is 2.25. The molecule has 0 unspecified atom stereocenters. The molecule has 0 spiro atoms. The predicted molar refractivity (Wildman–Crippen MR) is 66.9 cm³/mol. The molecule has 1 aliphatic carbocycles. The SMILES string of the molecule is O=C1CCC(CNc2cccc(Cl)c2)CC1. The summed E-state index contributed by atoms with van der Waals surface area (Å²) in [6.07, 6.45) is 3.54. The Kier molecular flexibility index (Phi) is 3.83.